The average Bonchev–Trinajstić information content (AvgIpc) is 2.55. The fourth-order valence-corrected chi connectivity index (χ4v) is 2.29. The van der Waals surface area contributed by atoms with Crippen LogP contribution in [0.3, 0.4) is 0 Å². The monoisotopic (exact) mass is 198 g/mol. The van der Waals surface area contributed by atoms with Gasteiger partial charge in [0.05, 0.1) is 0 Å². The highest BCUT2D eigenvalue weighted by atomic mass is 15.1. The van der Waals surface area contributed by atoms with Gasteiger partial charge in [-0.05, 0) is 58.4 Å². The Labute approximate surface area is 89.3 Å². The predicted octanol–water partition coefficient (Wildman–Crippen LogP) is 2.06. The standard InChI is InChI=1S/C12H26N2/c1-12(2)11-13(3)7-6-10-14-8-4-5-9-14/h12H,4-11H2,1-3H3. The molecule has 2 nitrogen and oxygen atoms in total. The van der Waals surface area contributed by atoms with Crippen molar-refractivity contribution in [3.8, 4) is 0 Å². The van der Waals surface area contributed by atoms with Crippen molar-refractivity contribution < 1.29 is 0 Å². The van der Waals surface area contributed by atoms with Crippen molar-refractivity contribution in [2.24, 2.45) is 5.92 Å². The van der Waals surface area contributed by atoms with Crippen LogP contribution in [0.4, 0.5) is 0 Å². The molecule has 0 radical (unpaired) electrons. The van der Waals surface area contributed by atoms with Crippen molar-refractivity contribution in [2.45, 2.75) is 33.1 Å². The number of likely N-dealkylation sites (tertiary alicyclic amines) is 1. The highest BCUT2D eigenvalue weighted by molar-refractivity contribution is 4.66. The van der Waals surface area contributed by atoms with E-state index in [-0.39, 0.29) is 0 Å². The number of rotatable bonds is 6. The zero-order valence-electron chi connectivity index (χ0n) is 10.1. The van der Waals surface area contributed by atoms with E-state index in [0.717, 1.165) is 5.92 Å². The third kappa shape index (κ3) is 4.97. The van der Waals surface area contributed by atoms with E-state index >= 15 is 0 Å². The Hall–Kier alpha value is -0.0800. The second kappa shape index (κ2) is 6.41. The Morgan fingerprint density at radius 1 is 1.21 bits per heavy atom. The largest absolute Gasteiger partial charge is 0.306 e. The molecule has 14 heavy (non-hydrogen) atoms. The molecule has 0 spiro atoms. The van der Waals surface area contributed by atoms with Gasteiger partial charge in [-0.15, -0.1) is 0 Å². The number of hydrogen-bond donors (Lipinski definition) is 0. The number of nitrogens with zero attached hydrogens (tertiary/aromatic N) is 2. The lowest BCUT2D eigenvalue weighted by atomic mass is 10.2. The third-order valence-electron chi connectivity index (χ3n) is 2.89. The van der Waals surface area contributed by atoms with E-state index in [9.17, 15) is 0 Å². The van der Waals surface area contributed by atoms with E-state index in [4.69, 9.17) is 0 Å². The Morgan fingerprint density at radius 2 is 1.86 bits per heavy atom. The maximum Gasteiger partial charge on any atom is 0.000134 e. The van der Waals surface area contributed by atoms with Gasteiger partial charge in [0.25, 0.3) is 0 Å². The second-order valence-electron chi connectivity index (χ2n) is 5.06. The van der Waals surface area contributed by atoms with Crippen molar-refractivity contribution >= 4 is 0 Å². The van der Waals surface area contributed by atoms with Gasteiger partial charge in [0.2, 0.25) is 0 Å². The van der Waals surface area contributed by atoms with Crippen LogP contribution < -0.4 is 0 Å². The van der Waals surface area contributed by atoms with Gasteiger partial charge in [-0.3, -0.25) is 0 Å². The molecule has 1 heterocycles. The van der Waals surface area contributed by atoms with Crippen LogP contribution in [0, 0.1) is 5.92 Å². The molecule has 0 saturated carbocycles. The van der Waals surface area contributed by atoms with Crippen LogP contribution in [0.1, 0.15) is 33.1 Å². The lowest BCUT2D eigenvalue weighted by Crippen LogP contribution is -2.28. The summed E-state index contributed by atoms with van der Waals surface area (Å²) in [4.78, 5) is 5.06. The van der Waals surface area contributed by atoms with Crippen molar-refractivity contribution in [3.05, 3.63) is 0 Å². The summed E-state index contributed by atoms with van der Waals surface area (Å²) in [6.07, 6.45) is 4.17. The summed E-state index contributed by atoms with van der Waals surface area (Å²) in [5, 5.41) is 0. The van der Waals surface area contributed by atoms with Gasteiger partial charge < -0.3 is 9.80 Å². The molecule has 0 amide bonds. The minimum atomic E-state index is 0.798. The average molecular weight is 198 g/mol. The van der Waals surface area contributed by atoms with E-state index in [2.05, 4.69) is 30.7 Å². The summed E-state index contributed by atoms with van der Waals surface area (Å²) < 4.78 is 0. The maximum absolute atomic E-state index is 2.60. The van der Waals surface area contributed by atoms with Crippen LogP contribution in [0.5, 0.6) is 0 Å². The molecule has 0 aromatic rings. The summed E-state index contributed by atoms with van der Waals surface area (Å²) >= 11 is 0. The first-order chi connectivity index (χ1) is 6.68. The first kappa shape index (κ1) is 12.0. The van der Waals surface area contributed by atoms with Crippen LogP contribution in [0.15, 0.2) is 0 Å². The van der Waals surface area contributed by atoms with Crippen LogP contribution >= 0.6 is 0 Å². The summed E-state index contributed by atoms with van der Waals surface area (Å²) in [5.41, 5.74) is 0. The summed E-state index contributed by atoms with van der Waals surface area (Å²) in [5.74, 6) is 0.798. The molecule has 0 atom stereocenters. The molecule has 1 rings (SSSR count). The van der Waals surface area contributed by atoms with Gasteiger partial charge in [0.15, 0.2) is 0 Å². The van der Waals surface area contributed by atoms with Crippen molar-refractivity contribution in [2.75, 3.05) is 39.8 Å². The summed E-state index contributed by atoms with van der Waals surface area (Å²) in [7, 11) is 2.24. The van der Waals surface area contributed by atoms with E-state index in [0.29, 0.717) is 0 Å². The van der Waals surface area contributed by atoms with Crippen molar-refractivity contribution in [3.63, 3.8) is 0 Å². The minimum Gasteiger partial charge on any atom is -0.306 e. The second-order valence-corrected chi connectivity index (χ2v) is 5.06. The van der Waals surface area contributed by atoms with E-state index in [1.54, 1.807) is 0 Å². The molecule has 0 N–H and O–H groups in total. The third-order valence-corrected chi connectivity index (χ3v) is 2.89. The van der Waals surface area contributed by atoms with E-state index in [1.807, 2.05) is 0 Å². The van der Waals surface area contributed by atoms with Crippen LogP contribution in [0.2, 0.25) is 0 Å². The first-order valence-corrected chi connectivity index (χ1v) is 6.09. The van der Waals surface area contributed by atoms with Crippen molar-refractivity contribution in [1.82, 2.24) is 9.80 Å². The van der Waals surface area contributed by atoms with E-state index in [1.165, 1.54) is 52.0 Å². The van der Waals surface area contributed by atoms with Crippen LogP contribution in [-0.4, -0.2) is 49.6 Å². The van der Waals surface area contributed by atoms with E-state index < -0.39 is 0 Å². The van der Waals surface area contributed by atoms with Gasteiger partial charge in [0.1, 0.15) is 0 Å². The first-order valence-electron chi connectivity index (χ1n) is 6.09. The molecule has 0 aliphatic carbocycles. The van der Waals surface area contributed by atoms with Crippen LogP contribution in [-0.2, 0) is 0 Å². The fourth-order valence-electron chi connectivity index (χ4n) is 2.29. The molecule has 0 aromatic heterocycles. The van der Waals surface area contributed by atoms with Crippen molar-refractivity contribution in [1.29, 1.82) is 0 Å². The Bertz CT molecular complexity index is 139. The van der Waals surface area contributed by atoms with Gasteiger partial charge in [0, 0.05) is 6.54 Å². The predicted molar refractivity (Wildman–Crippen MR) is 62.6 cm³/mol. The molecule has 2 heteroatoms. The molecular weight excluding hydrogens is 172 g/mol. The van der Waals surface area contributed by atoms with Gasteiger partial charge in [-0.1, -0.05) is 13.8 Å². The zero-order chi connectivity index (χ0) is 10.4. The number of hydrogen-bond acceptors (Lipinski definition) is 2. The highest BCUT2D eigenvalue weighted by Crippen LogP contribution is 2.07. The SMILES string of the molecule is CC(C)CN(C)CCCN1CCCC1. The molecule has 0 aromatic carbocycles. The fraction of sp³-hybridized carbons (Fsp3) is 1.00. The summed E-state index contributed by atoms with van der Waals surface area (Å²) in [6, 6.07) is 0. The molecule has 0 unspecified atom stereocenters. The molecule has 84 valence electrons. The quantitative estimate of drug-likeness (QED) is 0.644. The maximum atomic E-state index is 2.60. The zero-order valence-corrected chi connectivity index (χ0v) is 10.1. The smallest absolute Gasteiger partial charge is 0.000134 e. The lowest BCUT2D eigenvalue weighted by Gasteiger charge is -2.20. The van der Waals surface area contributed by atoms with Gasteiger partial charge >= 0.3 is 0 Å². The molecule has 1 saturated heterocycles. The van der Waals surface area contributed by atoms with Crippen LogP contribution in [0.25, 0.3) is 0 Å². The molecule has 1 fully saturated rings. The summed E-state index contributed by atoms with van der Waals surface area (Å²) in [6.45, 7) is 11.1. The molecule has 1 aliphatic rings. The molecular formula is C12H26N2. The topological polar surface area (TPSA) is 6.48 Å². The normalized spacial score (nSPS) is 18.6. The Morgan fingerprint density at radius 3 is 2.43 bits per heavy atom. The molecule has 0 bridgehead atoms. The van der Waals surface area contributed by atoms with Gasteiger partial charge in [-0.2, -0.15) is 0 Å². The Kier molecular flexibility index (Phi) is 5.49. The minimum absolute atomic E-state index is 0.798. The lowest BCUT2D eigenvalue weighted by molar-refractivity contribution is 0.261. The Balaban J connectivity index is 1.96. The van der Waals surface area contributed by atoms with Gasteiger partial charge in [-0.25, -0.2) is 0 Å². The molecule has 1 aliphatic heterocycles. The highest BCUT2D eigenvalue weighted by Gasteiger charge is 2.10.